The van der Waals surface area contributed by atoms with Crippen molar-refractivity contribution in [3.63, 3.8) is 0 Å². The molecule has 5 heteroatoms. The number of carbonyl (C=O) groups is 1. The topological polar surface area (TPSA) is 63.2 Å². The minimum absolute atomic E-state index is 0.128. The molecule has 2 heterocycles. The molecular weight excluding hydrogens is 242 g/mol. The molecule has 5 nitrogen and oxygen atoms in total. The number of aromatic nitrogens is 1. The molecule has 1 aliphatic rings. The molecule has 0 saturated carbocycles. The Labute approximate surface area is 113 Å². The summed E-state index contributed by atoms with van der Waals surface area (Å²) in [5.74, 6) is 0.240. The molecule has 1 aliphatic heterocycles. The lowest BCUT2D eigenvalue weighted by Gasteiger charge is -2.34. The molecule has 1 aromatic heterocycles. The summed E-state index contributed by atoms with van der Waals surface area (Å²) < 4.78 is 5.10. The van der Waals surface area contributed by atoms with Crippen molar-refractivity contribution in [1.82, 2.24) is 15.6 Å². The number of pyridine rings is 1. The zero-order valence-electron chi connectivity index (χ0n) is 11.5. The fourth-order valence-electron chi connectivity index (χ4n) is 2.38. The van der Waals surface area contributed by atoms with Gasteiger partial charge in [-0.05, 0) is 36.9 Å². The highest BCUT2D eigenvalue weighted by Crippen LogP contribution is 2.24. The summed E-state index contributed by atoms with van der Waals surface area (Å²) in [6, 6.07) is 3.46. The molecular formula is C14H21N3O2. The zero-order valence-corrected chi connectivity index (χ0v) is 11.5. The van der Waals surface area contributed by atoms with Crippen molar-refractivity contribution in [3.8, 4) is 5.88 Å². The second kappa shape index (κ2) is 6.02. The number of ether oxygens (including phenoxy) is 1. The maximum absolute atomic E-state index is 12.2. The lowest BCUT2D eigenvalue weighted by atomic mass is 9.83. The number of nitrogens with one attached hydrogen (secondary N) is 2. The first-order chi connectivity index (χ1) is 9.14. The largest absolute Gasteiger partial charge is 0.480 e. The first-order valence-corrected chi connectivity index (χ1v) is 6.62. The Balaban J connectivity index is 1.97. The summed E-state index contributed by atoms with van der Waals surface area (Å²) in [5.41, 5.74) is 0.612. The second-order valence-electron chi connectivity index (χ2n) is 5.33. The molecule has 0 aliphatic carbocycles. The summed E-state index contributed by atoms with van der Waals surface area (Å²) in [4.78, 5) is 16.2. The highest BCUT2D eigenvalue weighted by atomic mass is 16.5. The third-order valence-electron chi connectivity index (χ3n) is 3.57. The van der Waals surface area contributed by atoms with Crippen LogP contribution < -0.4 is 15.4 Å². The smallest absolute Gasteiger partial charge is 0.256 e. The summed E-state index contributed by atoms with van der Waals surface area (Å²) in [7, 11) is 1.52. The van der Waals surface area contributed by atoms with E-state index < -0.39 is 0 Å². The Morgan fingerprint density at radius 2 is 2.47 bits per heavy atom. The van der Waals surface area contributed by atoms with Gasteiger partial charge in [0.1, 0.15) is 5.56 Å². The minimum atomic E-state index is -0.128. The number of hydrogen-bond acceptors (Lipinski definition) is 4. The van der Waals surface area contributed by atoms with E-state index in [9.17, 15) is 4.79 Å². The molecule has 104 valence electrons. The number of hydrogen-bond donors (Lipinski definition) is 2. The van der Waals surface area contributed by atoms with Gasteiger partial charge in [0.15, 0.2) is 0 Å². The normalized spacial score (nSPS) is 22.8. The fraction of sp³-hybridized carbons (Fsp3) is 0.571. The third-order valence-corrected chi connectivity index (χ3v) is 3.57. The van der Waals surface area contributed by atoms with Gasteiger partial charge < -0.3 is 15.4 Å². The van der Waals surface area contributed by atoms with Gasteiger partial charge in [-0.2, -0.15) is 0 Å². The van der Waals surface area contributed by atoms with E-state index in [1.165, 1.54) is 7.11 Å². The van der Waals surface area contributed by atoms with E-state index in [-0.39, 0.29) is 11.3 Å². The van der Waals surface area contributed by atoms with E-state index >= 15 is 0 Å². The predicted octanol–water partition coefficient (Wildman–Crippen LogP) is 1.21. The molecule has 1 aromatic rings. The third kappa shape index (κ3) is 3.44. The number of rotatable bonds is 4. The van der Waals surface area contributed by atoms with Crippen LogP contribution in [-0.4, -0.2) is 37.6 Å². The standard InChI is InChI=1S/C14H21N3O2/c1-14(6-4-7-15-9-14)10-17-12(18)11-5-3-8-16-13(11)19-2/h3,5,8,15H,4,6-7,9-10H2,1-2H3,(H,17,18). The lowest BCUT2D eigenvalue weighted by Crippen LogP contribution is -2.45. The summed E-state index contributed by atoms with van der Waals surface area (Å²) in [5, 5.41) is 6.36. The maximum Gasteiger partial charge on any atom is 0.256 e. The van der Waals surface area contributed by atoms with Gasteiger partial charge in [-0.1, -0.05) is 6.92 Å². The average Bonchev–Trinajstić information content (AvgIpc) is 2.45. The van der Waals surface area contributed by atoms with E-state index in [0.29, 0.717) is 18.0 Å². The number of piperidine rings is 1. The summed E-state index contributed by atoms with van der Waals surface area (Å²) in [6.07, 6.45) is 3.90. The molecule has 0 spiro atoms. The van der Waals surface area contributed by atoms with Crippen LogP contribution in [0.15, 0.2) is 18.3 Å². The molecule has 1 amide bonds. The predicted molar refractivity (Wildman–Crippen MR) is 73.3 cm³/mol. The van der Waals surface area contributed by atoms with Crippen LogP contribution in [0.1, 0.15) is 30.1 Å². The Bertz CT molecular complexity index is 442. The van der Waals surface area contributed by atoms with E-state index in [2.05, 4.69) is 22.5 Å². The Hall–Kier alpha value is -1.62. The number of carbonyl (C=O) groups excluding carboxylic acids is 1. The molecule has 1 fully saturated rings. The molecule has 19 heavy (non-hydrogen) atoms. The van der Waals surface area contributed by atoms with Gasteiger partial charge in [0.25, 0.3) is 5.91 Å². The number of methoxy groups -OCH3 is 1. The summed E-state index contributed by atoms with van der Waals surface area (Å²) >= 11 is 0. The van der Waals surface area contributed by atoms with Crippen molar-refractivity contribution in [2.45, 2.75) is 19.8 Å². The maximum atomic E-state index is 12.2. The quantitative estimate of drug-likeness (QED) is 0.857. The van der Waals surface area contributed by atoms with Crippen molar-refractivity contribution in [2.75, 3.05) is 26.7 Å². The van der Waals surface area contributed by atoms with Crippen LogP contribution in [0.5, 0.6) is 5.88 Å². The van der Waals surface area contributed by atoms with Crippen molar-refractivity contribution in [3.05, 3.63) is 23.9 Å². The van der Waals surface area contributed by atoms with Gasteiger partial charge >= 0.3 is 0 Å². The summed E-state index contributed by atoms with van der Waals surface area (Å²) in [6.45, 7) is 4.87. The highest BCUT2D eigenvalue weighted by Gasteiger charge is 2.27. The SMILES string of the molecule is COc1ncccc1C(=O)NCC1(C)CCCNC1. The van der Waals surface area contributed by atoms with Gasteiger partial charge in [0, 0.05) is 19.3 Å². The van der Waals surface area contributed by atoms with Gasteiger partial charge in [-0.15, -0.1) is 0 Å². The molecule has 0 radical (unpaired) electrons. The van der Waals surface area contributed by atoms with Crippen molar-refractivity contribution in [2.24, 2.45) is 5.41 Å². The van der Waals surface area contributed by atoms with E-state index in [4.69, 9.17) is 4.74 Å². The molecule has 0 aromatic carbocycles. The van der Waals surface area contributed by atoms with Gasteiger partial charge in [-0.3, -0.25) is 4.79 Å². The Morgan fingerprint density at radius 3 is 3.16 bits per heavy atom. The van der Waals surface area contributed by atoms with Crippen molar-refractivity contribution in [1.29, 1.82) is 0 Å². The van der Waals surface area contributed by atoms with Crippen LogP contribution in [0.3, 0.4) is 0 Å². The fourth-order valence-corrected chi connectivity index (χ4v) is 2.38. The highest BCUT2D eigenvalue weighted by molar-refractivity contribution is 5.96. The first-order valence-electron chi connectivity index (χ1n) is 6.62. The Kier molecular flexibility index (Phi) is 4.37. The molecule has 0 bridgehead atoms. The van der Waals surface area contributed by atoms with Crippen LogP contribution in [0.4, 0.5) is 0 Å². The number of amides is 1. The average molecular weight is 263 g/mol. The lowest BCUT2D eigenvalue weighted by molar-refractivity contribution is 0.0921. The second-order valence-corrected chi connectivity index (χ2v) is 5.33. The van der Waals surface area contributed by atoms with E-state index in [0.717, 1.165) is 25.9 Å². The monoisotopic (exact) mass is 263 g/mol. The van der Waals surface area contributed by atoms with Crippen LogP contribution in [0.25, 0.3) is 0 Å². The van der Waals surface area contributed by atoms with E-state index in [1.807, 2.05) is 0 Å². The number of nitrogens with zero attached hydrogens (tertiary/aromatic N) is 1. The first kappa shape index (κ1) is 13.8. The van der Waals surface area contributed by atoms with Crippen LogP contribution >= 0.6 is 0 Å². The van der Waals surface area contributed by atoms with E-state index in [1.54, 1.807) is 18.3 Å². The van der Waals surface area contributed by atoms with Gasteiger partial charge in [0.2, 0.25) is 5.88 Å². The zero-order chi connectivity index (χ0) is 13.7. The van der Waals surface area contributed by atoms with Crippen LogP contribution in [0.2, 0.25) is 0 Å². The van der Waals surface area contributed by atoms with Crippen molar-refractivity contribution < 1.29 is 9.53 Å². The van der Waals surface area contributed by atoms with Gasteiger partial charge in [0.05, 0.1) is 7.11 Å². The van der Waals surface area contributed by atoms with Gasteiger partial charge in [-0.25, -0.2) is 4.98 Å². The van der Waals surface area contributed by atoms with Crippen LogP contribution in [0, 0.1) is 5.41 Å². The molecule has 1 saturated heterocycles. The van der Waals surface area contributed by atoms with Crippen molar-refractivity contribution >= 4 is 5.91 Å². The molecule has 1 atom stereocenters. The molecule has 1 unspecified atom stereocenters. The Morgan fingerprint density at radius 1 is 1.63 bits per heavy atom. The molecule has 2 N–H and O–H groups in total. The minimum Gasteiger partial charge on any atom is -0.480 e. The van der Waals surface area contributed by atoms with Crippen LogP contribution in [-0.2, 0) is 0 Å². The molecule has 2 rings (SSSR count).